The maximum atomic E-state index is 10.6. The molecule has 2 atom stereocenters. The zero-order chi connectivity index (χ0) is 15.2. The lowest BCUT2D eigenvalue weighted by molar-refractivity contribution is 0.0262. The van der Waals surface area contributed by atoms with E-state index in [9.17, 15) is 9.13 Å². The van der Waals surface area contributed by atoms with Gasteiger partial charge in [-0.05, 0) is 0 Å². The molecule has 0 saturated carbocycles. The number of hydrogen-bond donors (Lipinski definition) is 3. The molecule has 0 aliphatic heterocycles. The van der Waals surface area contributed by atoms with E-state index in [2.05, 4.69) is 19.3 Å². The number of rotatable bonds is 7. The van der Waals surface area contributed by atoms with Gasteiger partial charge in [0.25, 0.3) is 0 Å². The molecular formula is C10H10N2O6P2S+2. The summed E-state index contributed by atoms with van der Waals surface area (Å²) in [5, 5.41) is 4.58. The van der Waals surface area contributed by atoms with Crippen molar-refractivity contribution in [2.75, 3.05) is 5.32 Å². The monoisotopic (exact) mass is 348 g/mol. The zero-order valence-electron chi connectivity index (χ0n) is 10.3. The normalized spacial score (nSPS) is 13.6. The van der Waals surface area contributed by atoms with Crippen molar-refractivity contribution in [2.24, 2.45) is 0 Å². The number of benzene rings is 1. The van der Waals surface area contributed by atoms with Crippen molar-refractivity contribution in [1.29, 1.82) is 0 Å². The molecule has 11 heteroatoms. The van der Waals surface area contributed by atoms with Crippen LogP contribution in [0.3, 0.4) is 0 Å². The van der Waals surface area contributed by atoms with Crippen LogP contribution in [-0.4, -0.2) is 21.2 Å². The van der Waals surface area contributed by atoms with Crippen molar-refractivity contribution in [3.63, 3.8) is 0 Å². The minimum atomic E-state index is -3.00. The molecule has 0 fully saturated rings. The number of nitrogens with one attached hydrogen (secondary N) is 1. The first kappa shape index (κ1) is 16.1. The molecule has 1 aromatic carbocycles. The summed E-state index contributed by atoms with van der Waals surface area (Å²) in [7, 11) is -6.01. The van der Waals surface area contributed by atoms with Crippen LogP contribution in [0.25, 0.3) is 11.3 Å². The lowest BCUT2D eigenvalue weighted by atomic mass is 10.2. The van der Waals surface area contributed by atoms with Gasteiger partial charge in [0.05, 0.1) is 5.69 Å². The Morgan fingerprint density at radius 3 is 2.33 bits per heavy atom. The van der Waals surface area contributed by atoms with Crippen molar-refractivity contribution < 1.29 is 28.0 Å². The molecule has 110 valence electrons. The van der Waals surface area contributed by atoms with Crippen molar-refractivity contribution in [3.05, 3.63) is 35.7 Å². The van der Waals surface area contributed by atoms with Gasteiger partial charge in [-0.3, -0.25) is 0 Å². The third kappa shape index (κ3) is 5.18. The molecular weight excluding hydrogens is 338 g/mol. The SMILES string of the molecule is O=[P+](O)OC(Nc1nc(-c2ccccc2)cs1)O[P+](=O)O. The summed E-state index contributed by atoms with van der Waals surface area (Å²) >= 11 is 1.19. The molecule has 0 spiro atoms. The Balaban J connectivity index is 2.09. The smallest absolute Gasteiger partial charge is 0.306 e. The third-order valence-electron chi connectivity index (χ3n) is 2.19. The van der Waals surface area contributed by atoms with Gasteiger partial charge in [-0.1, -0.05) is 39.4 Å². The molecule has 0 saturated heterocycles. The molecule has 1 heterocycles. The van der Waals surface area contributed by atoms with Crippen LogP contribution < -0.4 is 5.32 Å². The number of aromatic nitrogens is 1. The lowest BCUT2D eigenvalue weighted by Crippen LogP contribution is -2.21. The zero-order valence-corrected chi connectivity index (χ0v) is 12.9. The van der Waals surface area contributed by atoms with E-state index in [1.807, 2.05) is 30.3 Å². The third-order valence-corrected chi connectivity index (χ3v) is 3.70. The van der Waals surface area contributed by atoms with Crippen molar-refractivity contribution in [3.8, 4) is 11.3 Å². The Bertz CT molecular complexity index is 621. The number of nitrogens with zero attached hydrogens (tertiary/aromatic N) is 1. The van der Waals surface area contributed by atoms with Crippen LogP contribution >= 0.6 is 27.8 Å². The van der Waals surface area contributed by atoms with E-state index in [1.165, 1.54) is 11.3 Å². The van der Waals surface area contributed by atoms with Crippen LogP contribution in [0.15, 0.2) is 35.7 Å². The van der Waals surface area contributed by atoms with Crippen LogP contribution in [0.2, 0.25) is 0 Å². The minimum absolute atomic E-state index is 0.313. The van der Waals surface area contributed by atoms with Gasteiger partial charge in [-0.2, -0.15) is 0 Å². The summed E-state index contributed by atoms with van der Waals surface area (Å²) < 4.78 is 30.1. The summed E-state index contributed by atoms with van der Waals surface area (Å²) in [6, 6.07) is 9.35. The van der Waals surface area contributed by atoms with Crippen LogP contribution in [0.4, 0.5) is 5.13 Å². The second-order valence-corrected chi connectivity index (χ2v) is 5.80. The summed E-state index contributed by atoms with van der Waals surface area (Å²) in [5.41, 5.74) is 1.57. The largest absolute Gasteiger partial charge is 0.699 e. The highest BCUT2D eigenvalue weighted by Crippen LogP contribution is 2.30. The molecule has 0 radical (unpaired) electrons. The fourth-order valence-electron chi connectivity index (χ4n) is 1.42. The summed E-state index contributed by atoms with van der Waals surface area (Å²) in [4.78, 5) is 21.6. The van der Waals surface area contributed by atoms with Crippen LogP contribution in [0.1, 0.15) is 0 Å². The van der Waals surface area contributed by atoms with Gasteiger partial charge in [-0.25, -0.2) is 4.98 Å². The Kier molecular flexibility index (Phi) is 5.84. The van der Waals surface area contributed by atoms with E-state index in [-0.39, 0.29) is 0 Å². The molecule has 0 amide bonds. The Morgan fingerprint density at radius 2 is 1.76 bits per heavy atom. The molecule has 3 N–H and O–H groups in total. The van der Waals surface area contributed by atoms with Gasteiger partial charge in [0.15, 0.2) is 5.13 Å². The number of thiazole rings is 1. The molecule has 0 bridgehead atoms. The topological polar surface area (TPSA) is 118 Å². The lowest BCUT2D eigenvalue weighted by Gasteiger charge is -2.03. The Labute approximate surface area is 125 Å². The van der Waals surface area contributed by atoms with Crippen LogP contribution in [0, 0.1) is 0 Å². The first-order valence-electron chi connectivity index (χ1n) is 5.48. The molecule has 21 heavy (non-hydrogen) atoms. The highest BCUT2D eigenvalue weighted by atomic mass is 32.1. The quantitative estimate of drug-likeness (QED) is 0.516. The molecule has 2 rings (SSSR count). The summed E-state index contributed by atoms with van der Waals surface area (Å²) in [6.45, 7) is 0. The molecule has 2 aromatic rings. The predicted molar refractivity (Wildman–Crippen MR) is 76.8 cm³/mol. The van der Waals surface area contributed by atoms with Gasteiger partial charge in [0.2, 0.25) is 0 Å². The number of hydrogen-bond acceptors (Lipinski definition) is 7. The maximum absolute atomic E-state index is 10.6. The van der Waals surface area contributed by atoms with Gasteiger partial charge in [0.1, 0.15) is 0 Å². The summed E-state index contributed by atoms with van der Waals surface area (Å²) in [6.07, 6.45) is -1.55. The van der Waals surface area contributed by atoms with E-state index in [4.69, 9.17) is 9.79 Å². The Morgan fingerprint density at radius 1 is 1.14 bits per heavy atom. The predicted octanol–water partition coefficient (Wildman–Crippen LogP) is 2.84. The van der Waals surface area contributed by atoms with Crippen molar-refractivity contribution in [1.82, 2.24) is 4.98 Å². The molecule has 2 unspecified atom stereocenters. The van der Waals surface area contributed by atoms with E-state index in [0.717, 1.165) is 5.56 Å². The van der Waals surface area contributed by atoms with Crippen molar-refractivity contribution in [2.45, 2.75) is 6.41 Å². The van der Waals surface area contributed by atoms with E-state index in [0.29, 0.717) is 10.8 Å². The molecule has 0 aliphatic carbocycles. The van der Waals surface area contributed by atoms with Gasteiger partial charge in [-0.15, -0.1) is 21.1 Å². The standard InChI is InChI=1S/C10H8N2O6P2S/c13-19(14)17-10(18-20(15)16)12-9-11-8(6-21-9)7-4-2-1-3-5-7/h1-6,10H,(H-2,11,12,13,14,15,16)/p+2. The molecule has 0 aliphatic rings. The van der Waals surface area contributed by atoms with E-state index in [1.54, 1.807) is 5.38 Å². The highest BCUT2D eigenvalue weighted by molar-refractivity contribution is 7.32. The minimum Gasteiger partial charge on any atom is -0.306 e. The van der Waals surface area contributed by atoms with Gasteiger partial charge in [0, 0.05) is 20.1 Å². The first-order valence-corrected chi connectivity index (χ1v) is 8.62. The molecule has 8 nitrogen and oxygen atoms in total. The van der Waals surface area contributed by atoms with Crippen LogP contribution in [0.5, 0.6) is 0 Å². The van der Waals surface area contributed by atoms with Crippen molar-refractivity contribution >= 4 is 33.0 Å². The fraction of sp³-hybridized carbons (Fsp3) is 0.100. The fourth-order valence-corrected chi connectivity index (χ4v) is 2.73. The van der Waals surface area contributed by atoms with E-state index < -0.39 is 22.9 Å². The van der Waals surface area contributed by atoms with Gasteiger partial charge >= 0.3 is 22.9 Å². The second-order valence-electron chi connectivity index (χ2n) is 3.57. The first-order chi connectivity index (χ1) is 10.0. The Hall–Kier alpha value is -1.31. The highest BCUT2D eigenvalue weighted by Gasteiger charge is 2.33. The maximum Gasteiger partial charge on any atom is 0.699 e. The van der Waals surface area contributed by atoms with Crippen LogP contribution in [-0.2, 0) is 18.2 Å². The van der Waals surface area contributed by atoms with Gasteiger partial charge < -0.3 is 5.32 Å². The molecule has 1 aromatic heterocycles. The summed E-state index contributed by atoms with van der Waals surface area (Å²) in [5.74, 6) is 0. The second kappa shape index (κ2) is 7.63. The average Bonchev–Trinajstić information content (AvgIpc) is 2.86. The van der Waals surface area contributed by atoms with E-state index >= 15 is 0 Å². The average molecular weight is 348 g/mol. The number of anilines is 1.